The molecule has 32 heavy (non-hydrogen) atoms. The number of nitrogens with zero attached hydrogens (tertiary/aromatic N) is 2. The molecule has 0 atom stereocenters. The van der Waals surface area contributed by atoms with Crippen LogP contribution in [0.1, 0.15) is 11.1 Å². The Balaban J connectivity index is 1.77. The second-order valence-corrected chi connectivity index (χ2v) is 7.46. The van der Waals surface area contributed by atoms with E-state index in [9.17, 15) is 24.5 Å². The van der Waals surface area contributed by atoms with Crippen LogP contribution in [0.25, 0.3) is 6.08 Å². The van der Waals surface area contributed by atoms with Crippen molar-refractivity contribution >= 4 is 40.6 Å². The fourth-order valence-corrected chi connectivity index (χ4v) is 3.67. The number of imide groups is 1. The van der Waals surface area contributed by atoms with Crippen LogP contribution < -0.4 is 9.47 Å². The molecule has 0 unspecified atom stereocenters. The number of benzene rings is 2. The predicted octanol–water partition coefficient (Wildman–Crippen LogP) is 3.39. The van der Waals surface area contributed by atoms with E-state index >= 15 is 0 Å². The molecule has 2 amide bonds. The number of thioether (sulfide) groups is 1. The number of nitro groups is 1. The van der Waals surface area contributed by atoms with E-state index in [-0.39, 0.29) is 23.7 Å². The van der Waals surface area contributed by atoms with Gasteiger partial charge in [0.25, 0.3) is 16.8 Å². The monoisotopic (exact) mass is 458 g/mol. The van der Waals surface area contributed by atoms with E-state index in [4.69, 9.17) is 9.47 Å². The standard InChI is InChI=1S/C21H18N2O8S/c1-29-17-9-13(6-7-16(17)31-12-19(24)30-2)10-18-20(25)22(21(26)32-18)11-14-4-3-5-15(8-14)23(27)28/h3-10H,11-12H2,1-2H3. The minimum absolute atomic E-state index is 0.0761. The fourth-order valence-electron chi connectivity index (χ4n) is 2.83. The fraction of sp³-hybridized carbons (Fsp3) is 0.190. The average molecular weight is 458 g/mol. The molecule has 2 aromatic carbocycles. The topological polar surface area (TPSA) is 125 Å². The van der Waals surface area contributed by atoms with Crippen LogP contribution in [0.5, 0.6) is 11.5 Å². The van der Waals surface area contributed by atoms with Crippen LogP contribution in [0.4, 0.5) is 10.5 Å². The number of esters is 1. The smallest absolute Gasteiger partial charge is 0.343 e. The molecule has 0 aliphatic carbocycles. The van der Waals surface area contributed by atoms with Crippen LogP contribution in [0, 0.1) is 10.1 Å². The first-order chi connectivity index (χ1) is 15.3. The summed E-state index contributed by atoms with van der Waals surface area (Å²) in [4.78, 5) is 48.0. The molecule has 10 nitrogen and oxygen atoms in total. The lowest BCUT2D eigenvalue weighted by molar-refractivity contribution is -0.384. The Morgan fingerprint density at radius 2 is 1.94 bits per heavy atom. The Bertz CT molecular complexity index is 1110. The first kappa shape index (κ1) is 22.8. The summed E-state index contributed by atoms with van der Waals surface area (Å²) < 4.78 is 15.1. The molecule has 0 bridgehead atoms. The maximum absolute atomic E-state index is 12.8. The van der Waals surface area contributed by atoms with Crippen molar-refractivity contribution in [3.63, 3.8) is 0 Å². The molecule has 0 aromatic heterocycles. The van der Waals surface area contributed by atoms with Crippen LogP contribution in [-0.4, -0.2) is 47.8 Å². The minimum Gasteiger partial charge on any atom is -0.493 e. The van der Waals surface area contributed by atoms with E-state index in [1.807, 2.05) is 0 Å². The number of non-ortho nitro benzene ring substituents is 1. The highest BCUT2D eigenvalue weighted by Gasteiger charge is 2.35. The first-order valence-electron chi connectivity index (χ1n) is 9.18. The summed E-state index contributed by atoms with van der Waals surface area (Å²) in [6, 6.07) is 10.6. The summed E-state index contributed by atoms with van der Waals surface area (Å²) in [5, 5.41) is 10.5. The van der Waals surface area contributed by atoms with Crippen molar-refractivity contribution in [3.05, 3.63) is 68.6 Å². The zero-order chi connectivity index (χ0) is 23.3. The van der Waals surface area contributed by atoms with Gasteiger partial charge in [0.15, 0.2) is 18.1 Å². The van der Waals surface area contributed by atoms with Gasteiger partial charge in [-0.3, -0.25) is 24.6 Å². The van der Waals surface area contributed by atoms with Gasteiger partial charge in [-0.1, -0.05) is 18.2 Å². The lowest BCUT2D eigenvalue weighted by Crippen LogP contribution is -2.27. The number of carbonyl (C=O) groups is 3. The quantitative estimate of drug-likeness (QED) is 0.253. The number of methoxy groups -OCH3 is 2. The van der Waals surface area contributed by atoms with Gasteiger partial charge in [-0.15, -0.1) is 0 Å². The Morgan fingerprint density at radius 1 is 1.16 bits per heavy atom. The largest absolute Gasteiger partial charge is 0.493 e. The van der Waals surface area contributed by atoms with E-state index < -0.39 is 22.0 Å². The number of hydrogen-bond acceptors (Lipinski definition) is 9. The first-order valence-corrected chi connectivity index (χ1v) is 10.0. The molecular formula is C21H18N2O8S. The molecule has 2 aromatic rings. The molecule has 1 aliphatic rings. The van der Waals surface area contributed by atoms with Gasteiger partial charge in [0.2, 0.25) is 0 Å². The number of nitro benzene ring substituents is 1. The van der Waals surface area contributed by atoms with Gasteiger partial charge in [-0.2, -0.15) is 0 Å². The Hall–Kier alpha value is -3.86. The Kier molecular flexibility index (Phi) is 7.11. The van der Waals surface area contributed by atoms with E-state index in [0.29, 0.717) is 22.6 Å². The summed E-state index contributed by atoms with van der Waals surface area (Å²) in [5.74, 6) is -0.405. The molecule has 1 fully saturated rings. The molecule has 1 saturated heterocycles. The van der Waals surface area contributed by atoms with Gasteiger partial charge in [-0.05, 0) is 41.1 Å². The minimum atomic E-state index is -0.548. The third kappa shape index (κ3) is 5.24. The third-order valence-corrected chi connectivity index (χ3v) is 5.30. The maximum atomic E-state index is 12.8. The molecular weight excluding hydrogens is 440 g/mol. The molecule has 1 aliphatic heterocycles. The molecule has 0 radical (unpaired) electrons. The van der Waals surface area contributed by atoms with Crippen LogP contribution in [0.2, 0.25) is 0 Å². The zero-order valence-electron chi connectivity index (χ0n) is 17.1. The van der Waals surface area contributed by atoms with Crippen molar-refractivity contribution < 1.29 is 33.5 Å². The van der Waals surface area contributed by atoms with Crippen LogP contribution in [-0.2, 0) is 20.9 Å². The summed E-state index contributed by atoms with van der Waals surface area (Å²) in [5.41, 5.74) is 0.927. The van der Waals surface area contributed by atoms with Gasteiger partial charge in [-0.25, -0.2) is 4.79 Å². The van der Waals surface area contributed by atoms with E-state index in [2.05, 4.69) is 4.74 Å². The molecule has 0 N–H and O–H groups in total. The van der Waals surface area contributed by atoms with Crippen LogP contribution in [0.3, 0.4) is 0 Å². The van der Waals surface area contributed by atoms with E-state index in [1.165, 1.54) is 38.5 Å². The highest BCUT2D eigenvalue weighted by Crippen LogP contribution is 2.35. The summed E-state index contributed by atoms with van der Waals surface area (Å²) in [6.45, 7) is -0.365. The van der Waals surface area contributed by atoms with E-state index in [1.54, 1.807) is 24.3 Å². The second kappa shape index (κ2) is 9.96. The normalized spacial score (nSPS) is 14.6. The van der Waals surface area contributed by atoms with Crippen molar-refractivity contribution in [1.82, 2.24) is 4.90 Å². The highest BCUT2D eigenvalue weighted by molar-refractivity contribution is 8.18. The number of hydrogen-bond donors (Lipinski definition) is 0. The lowest BCUT2D eigenvalue weighted by Gasteiger charge is -2.12. The lowest BCUT2D eigenvalue weighted by atomic mass is 10.1. The van der Waals surface area contributed by atoms with Crippen LogP contribution >= 0.6 is 11.8 Å². The SMILES string of the molecule is COC(=O)COc1ccc(C=C2SC(=O)N(Cc3cccc([N+](=O)[O-])c3)C2=O)cc1OC. The third-order valence-electron chi connectivity index (χ3n) is 4.39. The number of amides is 2. The number of ether oxygens (including phenoxy) is 3. The van der Waals surface area contributed by atoms with Gasteiger partial charge in [0.05, 0.1) is 30.6 Å². The van der Waals surface area contributed by atoms with Crippen molar-refractivity contribution in [2.75, 3.05) is 20.8 Å². The van der Waals surface area contributed by atoms with Crippen molar-refractivity contribution in [1.29, 1.82) is 0 Å². The average Bonchev–Trinajstić information content (AvgIpc) is 3.05. The molecule has 166 valence electrons. The summed E-state index contributed by atoms with van der Waals surface area (Å²) in [6.07, 6.45) is 1.53. The van der Waals surface area contributed by atoms with Gasteiger partial charge in [0.1, 0.15) is 0 Å². The van der Waals surface area contributed by atoms with Gasteiger partial charge in [0, 0.05) is 12.1 Å². The summed E-state index contributed by atoms with van der Waals surface area (Å²) in [7, 11) is 2.68. The van der Waals surface area contributed by atoms with Crippen LogP contribution in [0.15, 0.2) is 47.4 Å². The predicted molar refractivity (Wildman–Crippen MR) is 115 cm³/mol. The van der Waals surface area contributed by atoms with Gasteiger partial charge < -0.3 is 14.2 Å². The zero-order valence-corrected chi connectivity index (χ0v) is 17.9. The van der Waals surface area contributed by atoms with Crippen molar-refractivity contribution in [2.24, 2.45) is 0 Å². The Morgan fingerprint density at radius 3 is 2.62 bits per heavy atom. The Labute approximate surface area is 186 Å². The van der Waals surface area contributed by atoms with Crippen molar-refractivity contribution in [2.45, 2.75) is 6.54 Å². The molecule has 0 saturated carbocycles. The second-order valence-electron chi connectivity index (χ2n) is 6.47. The van der Waals surface area contributed by atoms with Crippen molar-refractivity contribution in [3.8, 4) is 11.5 Å². The number of carbonyl (C=O) groups excluding carboxylic acids is 3. The molecule has 0 spiro atoms. The van der Waals surface area contributed by atoms with E-state index in [0.717, 1.165) is 16.7 Å². The highest BCUT2D eigenvalue weighted by atomic mass is 32.2. The number of rotatable bonds is 8. The van der Waals surface area contributed by atoms with Gasteiger partial charge >= 0.3 is 5.97 Å². The molecule has 3 rings (SSSR count). The molecule has 11 heteroatoms. The maximum Gasteiger partial charge on any atom is 0.343 e. The molecule has 1 heterocycles. The summed E-state index contributed by atoms with van der Waals surface area (Å²) >= 11 is 0.773.